The van der Waals surface area contributed by atoms with E-state index in [0.717, 1.165) is 38.6 Å². The van der Waals surface area contributed by atoms with Gasteiger partial charge in [-0.1, -0.05) is 32.6 Å². The Bertz CT molecular complexity index is 231. The summed E-state index contributed by atoms with van der Waals surface area (Å²) in [4.78, 5) is 0. The van der Waals surface area contributed by atoms with Crippen LogP contribution in [-0.2, 0) is 4.74 Å². The molecule has 0 radical (unpaired) electrons. The van der Waals surface area contributed by atoms with E-state index in [4.69, 9.17) is 4.74 Å². The van der Waals surface area contributed by atoms with Crippen LogP contribution >= 0.6 is 0 Å². The van der Waals surface area contributed by atoms with Crippen molar-refractivity contribution in [3.8, 4) is 0 Å². The minimum Gasteiger partial charge on any atom is -0.376 e. The molecule has 0 bridgehead atoms. The highest BCUT2D eigenvalue weighted by molar-refractivity contribution is 4.79. The molecule has 0 aromatic rings. The maximum Gasteiger partial charge on any atom is 0.391 e. The Morgan fingerprint density at radius 1 is 1.11 bits per heavy atom. The predicted octanol–water partition coefficient (Wildman–Crippen LogP) is 4.05. The van der Waals surface area contributed by atoms with Gasteiger partial charge in [-0.05, 0) is 25.8 Å². The fraction of sp³-hybridized carbons (Fsp3) is 1.00. The van der Waals surface area contributed by atoms with Crippen molar-refractivity contribution >= 4 is 0 Å². The first-order valence-corrected chi connectivity index (χ1v) is 7.44. The molecule has 19 heavy (non-hydrogen) atoms. The van der Waals surface area contributed by atoms with Crippen LogP contribution in [0.1, 0.15) is 58.3 Å². The molecule has 2 nitrogen and oxygen atoms in total. The minimum atomic E-state index is -4.12. The lowest BCUT2D eigenvalue weighted by atomic mass is 9.94. The van der Waals surface area contributed by atoms with Gasteiger partial charge in [0.05, 0.1) is 19.1 Å². The summed E-state index contributed by atoms with van der Waals surface area (Å²) in [6.45, 7) is 2.79. The van der Waals surface area contributed by atoms with Gasteiger partial charge in [-0.25, -0.2) is 0 Å². The zero-order valence-electron chi connectivity index (χ0n) is 11.8. The highest BCUT2D eigenvalue weighted by atomic mass is 19.4. The van der Waals surface area contributed by atoms with E-state index in [9.17, 15) is 13.2 Å². The van der Waals surface area contributed by atoms with Crippen LogP contribution in [0, 0.1) is 0 Å². The first kappa shape index (κ1) is 16.8. The summed E-state index contributed by atoms with van der Waals surface area (Å²) in [5.41, 5.74) is 0. The molecular weight excluding hydrogens is 255 g/mol. The summed E-state index contributed by atoms with van der Waals surface area (Å²) in [7, 11) is 0. The van der Waals surface area contributed by atoms with Gasteiger partial charge in [-0.15, -0.1) is 0 Å². The van der Waals surface area contributed by atoms with Crippen LogP contribution in [0.25, 0.3) is 0 Å². The Morgan fingerprint density at radius 2 is 1.79 bits per heavy atom. The Balaban J connectivity index is 2.41. The largest absolute Gasteiger partial charge is 0.391 e. The second-order valence-corrected chi connectivity index (χ2v) is 5.33. The standard InChI is InChI=1S/C14H26F3NO/c1-2-10-18-12-7-5-3-4-6-8-13(12)19-11-9-14(15,16)17/h12-13,18H,2-11H2,1H3. The van der Waals surface area contributed by atoms with Crippen LogP contribution in [-0.4, -0.2) is 31.5 Å². The molecule has 2 unspecified atom stereocenters. The third kappa shape index (κ3) is 7.78. The van der Waals surface area contributed by atoms with Crippen LogP contribution in [0.4, 0.5) is 13.2 Å². The summed E-state index contributed by atoms with van der Waals surface area (Å²) in [5.74, 6) is 0. The number of nitrogens with one attached hydrogen (secondary N) is 1. The molecule has 114 valence electrons. The Morgan fingerprint density at radius 3 is 2.42 bits per heavy atom. The Kier molecular flexibility index (Phi) is 7.76. The van der Waals surface area contributed by atoms with E-state index >= 15 is 0 Å². The van der Waals surface area contributed by atoms with E-state index in [1.807, 2.05) is 0 Å². The van der Waals surface area contributed by atoms with Gasteiger partial charge in [-0.3, -0.25) is 0 Å². The lowest BCUT2D eigenvalue weighted by Gasteiger charge is -2.30. The van der Waals surface area contributed by atoms with E-state index in [-0.39, 0.29) is 18.8 Å². The average Bonchev–Trinajstić information content (AvgIpc) is 2.30. The molecule has 1 N–H and O–H groups in total. The summed E-state index contributed by atoms with van der Waals surface area (Å²) < 4.78 is 42.0. The van der Waals surface area contributed by atoms with Crippen molar-refractivity contribution in [3.63, 3.8) is 0 Å². The van der Waals surface area contributed by atoms with E-state index in [1.54, 1.807) is 0 Å². The van der Waals surface area contributed by atoms with Crippen molar-refractivity contribution in [3.05, 3.63) is 0 Å². The van der Waals surface area contributed by atoms with Gasteiger partial charge in [0.15, 0.2) is 0 Å². The van der Waals surface area contributed by atoms with Gasteiger partial charge in [0.25, 0.3) is 0 Å². The molecule has 1 fully saturated rings. The number of halogens is 3. The summed E-state index contributed by atoms with van der Waals surface area (Å²) in [6, 6.07) is 0.216. The van der Waals surface area contributed by atoms with Crippen molar-refractivity contribution < 1.29 is 17.9 Å². The summed E-state index contributed by atoms with van der Waals surface area (Å²) in [5, 5.41) is 3.43. The van der Waals surface area contributed by atoms with Gasteiger partial charge in [0.2, 0.25) is 0 Å². The van der Waals surface area contributed by atoms with Gasteiger partial charge in [0, 0.05) is 6.04 Å². The second-order valence-electron chi connectivity index (χ2n) is 5.33. The predicted molar refractivity (Wildman–Crippen MR) is 70.2 cm³/mol. The molecule has 1 saturated carbocycles. The molecular formula is C14H26F3NO. The van der Waals surface area contributed by atoms with E-state index in [0.29, 0.717) is 0 Å². The molecule has 0 aromatic heterocycles. The van der Waals surface area contributed by atoms with Crippen LogP contribution in [0.3, 0.4) is 0 Å². The van der Waals surface area contributed by atoms with E-state index < -0.39 is 12.6 Å². The van der Waals surface area contributed by atoms with Crippen molar-refractivity contribution in [1.29, 1.82) is 0 Å². The number of hydrogen-bond acceptors (Lipinski definition) is 2. The van der Waals surface area contributed by atoms with Gasteiger partial charge >= 0.3 is 6.18 Å². The molecule has 0 aliphatic heterocycles. The first-order chi connectivity index (χ1) is 9.03. The van der Waals surface area contributed by atoms with Crippen LogP contribution < -0.4 is 5.32 Å². The molecule has 1 rings (SSSR count). The van der Waals surface area contributed by atoms with Crippen LogP contribution in [0.2, 0.25) is 0 Å². The van der Waals surface area contributed by atoms with Crippen LogP contribution in [0.5, 0.6) is 0 Å². The quantitative estimate of drug-likeness (QED) is 0.793. The lowest BCUT2D eigenvalue weighted by Crippen LogP contribution is -2.42. The smallest absolute Gasteiger partial charge is 0.376 e. The molecule has 0 saturated heterocycles. The molecule has 0 aromatic carbocycles. The third-order valence-electron chi connectivity index (χ3n) is 3.58. The molecule has 1 aliphatic rings. The summed E-state index contributed by atoms with van der Waals surface area (Å²) >= 11 is 0. The average molecular weight is 281 g/mol. The molecule has 0 spiro atoms. The normalized spacial score (nSPS) is 25.9. The molecule has 0 heterocycles. The summed E-state index contributed by atoms with van der Waals surface area (Å²) in [6.07, 6.45) is 2.48. The number of hydrogen-bond donors (Lipinski definition) is 1. The zero-order chi connectivity index (χ0) is 14.1. The molecule has 5 heteroatoms. The zero-order valence-corrected chi connectivity index (χ0v) is 11.8. The molecule has 2 atom stereocenters. The number of ether oxygens (including phenoxy) is 1. The maximum absolute atomic E-state index is 12.2. The lowest BCUT2D eigenvalue weighted by molar-refractivity contribution is -0.150. The van der Waals surface area contributed by atoms with Crippen molar-refractivity contribution in [2.75, 3.05) is 13.2 Å². The van der Waals surface area contributed by atoms with Crippen molar-refractivity contribution in [2.24, 2.45) is 0 Å². The molecule has 1 aliphatic carbocycles. The SMILES string of the molecule is CCCNC1CCCCCCC1OCCC(F)(F)F. The van der Waals surface area contributed by atoms with Crippen molar-refractivity contribution in [2.45, 2.75) is 76.6 Å². The Labute approximate surface area is 114 Å². The fourth-order valence-corrected chi connectivity index (χ4v) is 2.54. The minimum absolute atomic E-state index is 0.0609. The van der Waals surface area contributed by atoms with Gasteiger partial charge in [0.1, 0.15) is 0 Å². The molecule has 0 amide bonds. The van der Waals surface area contributed by atoms with E-state index in [2.05, 4.69) is 12.2 Å². The number of rotatable bonds is 6. The highest BCUT2D eigenvalue weighted by Crippen LogP contribution is 2.23. The third-order valence-corrected chi connectivity index (χ3v) is 3.58. The number of alkyl halides is 3. The second kappa shape index (κ2) is 8.80. The first-order valence-electron chi connectivity index (χ1n) is 7.44. The van der Waals surface area contributed by atoms with Crippen molar-refractivity contribution in [1.82, 2.24) is 5.32 Å². The fourth-order valence-electron chi connectivity index (χ4n) is 2.54. The highest BCUT2D eigenvalue weighted by Gasteiger charge is 2.29. The topological polar surface area (TPSA) is 21.3 Å². The maximum atomic E-state index is 12.2. The van der Waals surface area contributed by atoms with Crippen LogP contribution in [0.15, 0.2) is 0 Å². The monoisotopic (exact) mass is 281 g/mol. The van der Waals surface area contributed by atoms with E-state index in [1.165, 1.54) is 12.8 Å². The van der Waals surface area contributed by atoms with Gasteiger partial charge in [-0.2, -0.15) is 13.2 Å². The van der Waals surface area contributed by atoms with Gasteiger partial charge < -0.3 is 10.1 Å². The Hall–Kier alpha value is -0.290.